The Morgan fingerprint density at radius 1 is 1.25 bits per heavy atom. The number of sulfonamides is 1. The monoisotopic (exact) mass is 356 g/mol. The van der Waals surface area contributed by atoms with Crippen molar-refractivity contribution < 1.29 is 13.5 Å². The number of nitrogens with one attached hydrogen (secondary N) is 1. The van der Waals surface area contributed by atoms with Crippen LogP contribution in [0.3, 0.4) is 0 Å². The Morgan fingerprint density at radius 3 is 2.60 bits per heavy atom. The first-order valence-corrected chi connectivity index (χ1v) is 8.06. The van der Waals surface area contributed by atoms with Crippen LogP contribution in [-0.2, 0) is 16.6 Å². The highest BCUT2D eigenvalue weighted by molar-refractivity contribution is 9.10. The maximum Gasteiger partial charge on any atom is 0.263 e. The number of hydrogen-bond donors (Lipinski definition) is 2. The zero-order valence-electron chi connectivity index (χ0n) is 10.7. The van der Waals surface area contributed by atoms with Crippen molar-refractivity contribution >= 4 is 31.8 Å². The van der Waals surface area contributed by atoms with E-state index < -0.39 is 10.0 Å². The van der Waals surface area contributed by atoms with Gasteiger partial charge in [0, 0.05) is 4.47 Å². The van der Waals surface area contributed by atoms with Crippen LogP contribution < -0.4 is 4.72 Å². The summed E-state index contributed by atoms with van der Waals surface area (Å²) in [6, 6.07) is 9.57. The standard InChI is InChI=1S/C13H13BrN2O3S/c1-9-11(14)6-7-13(15-9)16-20(18,19)12-5-3-2-4-10(12)8-17/h2-7,17H,8H2,1H3,(H,15,16). The van der Waals surface area contributed by atoms with Crippen molar-refractivity contribution in [3.8, 4) is 0 Å². The van der Waals surface area contributed by atoms with E-state index >= 15 is 0 Å². The van der Waals surface area contributed by atoms with Gasteiger partial charge in [0.25, 0.3) is 10.0 Å². The number of benzene rings is 1. The van der Waals surface area contributed by atoms with E-state index in [1.54, 1.807) is 37.3 Å². The highest BCUT2D eigenvalue weighted by Crippen LogP contribution is 2.21. The van der Waals surface area contributed by atoms with Gasteiger partial charge in [-0.05, 0) is 46.6 Å². The maximum absolute atomic E-state index is 12.3. The molecule has 1 aromatic carbocycles. The maximum atomic E-state index is 12.3. The summed E-state index contributed by atoms with van der Waals surface area (Å²) < 4.78 is 27.8. The van der Waals surface area contributed by atoms with Gasteiger partial charge in [-0.25, -0.2) is 13.4 Å². The summed E-state index contributed by atoms with van der Waals surface area (Å²) in [5.74, 6) is 0.235. The van der Waals surface area contributed by atoms with Gasteiger partial charge in [-0.15, -0.1) is 0 Å². The van der Waals surface area contributed by atoms with E-state index in [0.717, 1.165) is 4.47 Å². The van der Waals surface area contributed by atoms with Gasteiger partial charge >= 0.3 is 0 Å². The Balaban J connectivity index is 2.38. The summed E-state index contributed by atoms with van der Waals surface area (Å²) in [5, 5.41) is 9.21. The minimum atomic E-state index is -3.77. The zero-order chi connectivity index (χ0) is 14.8. The normalized spacial score (nSPS) is 11.3. The van der Waals surface area contributed by atoms with Crippen LogP contribution in [0.5, 0.6) is 0 Å². The second-order valence-corrected chi connectivity index (χ2v) is 6.64. The van der Waals surface area contributed by atoms with Crippen LogP contribution in [0.25, 0.3) is 0 Å². The molecule has 0 fully saturated rings. The van der Waals surface area contributed by atoms with Gasteiger partial charge in [-0.1, -0.05) is 18.2 Å². The molecular formula is C13H13BrN2O3S. The SMILES string of the molecule is Cc1nc(NS(=O)(=O)c2ccccc2CO)ccc1Br. The quantitative estimate of drug-likeness (QED) is 0.881. The summed E-state index contributed by atoms with van der Waals surface area (Å²) in [6.07, 6.45) is 0. The molecule has 0 unspecified atom stereocenters. The van der Waals surface area contributed by atoms with E-state index in [-0.39, 0.29) is 17.3 Å². The summed E-state index contributed by atoms with van der Waals surface area (Å²) in [4.78, 5) is 4.19. The third-order valence-electron chi connectivity index (χ3n) is 2.69. The van der Waals surface area contributed by atoms with Crippen LogP contribution in [0.4, 0.5) is 5.82 Å². The molecule has 0 spiro atoms. The fourth-order valence-corrected chi connectivity index (χ4v) is 3.15. The fraction of sp³-hybridized carbons (Fsp3) is 0.154. The Labute approximate surface area is 125 Å². The van der Waals surface area contributed by atoms with Crippen LogP contribution >= 0.6 is 15.9 Å². The van der Waals surface area contributed by atoms with Crippen molar-refractivity contribution in [3.05, 3.63) is 52.1 Å². The summed E-state index contributed by atoms with van der Waals surface area (Å²) in [7, 11) is -3.77. The van der Waals surface area contributed by atoms with E-state index in [1.807, 2.05) is 0 Å². The van der Waals surface area contributed by atoms with E-state index in [2.05, 4.69) is 25.6 Å². The van der Waals surface area contributed by atoms with Crippen LogP contribution in [0, 0.1) is 6.92 Å². The molecule has 2 N–H and O–H groups in total. The molecular weight excluding hydrogens is 344 g/mol. The summed E-state index contributed by atoms with van der Waals surface area (Å²) in [6.45, 7) is 1.42. The number of pyridine rings is 1. The predicted molar refractivity (Wildman–Crippen MR) is 79.8 cm³/mol. The van der Waals surface area contributed by atoms with Gasteiger partial charge in [-0.3, -0.25) is 4.72 Å². The second-order valence-electron chi connectivity index (χ2n) is 4.14. The van der Waals surface area contributed by atoms with Crippen LogP contribution in [0.1, 0.15) is 11.3 Å². The molecule has 0 radical (unpaired) electrons. The topological polar surface area (TPSA) is 79.3 Å². The number of hydrogen-bond acceptors (Lipinski definition) is 4. The molecule has 0 saturated heterocycles. The highest BCUT2D eigenvalue weighted by atomic mass is 79.9. The molecule has 0 aliphatic heterocycles. The fourth-order valence-electron chi connectivity index (χ4n) is 1.69. The Bertz CT molecular complexity index is 732. The number of nitrogens with zero attached hydrogens (tertiary/aromatic N) is 1. The molecule has 20 heavy (non-hydrogen) atoms. The van der Waals surface area contributed by atoms with Gasteiger partial charge in [-0.2, -0.15) is 0 Å². The summed E-state index contributed by atoms with van der Waals surface area (Å²) >= 11 is 3.30. The van der Waals surface area contributed by atoms with Crippen LogP contribution in [0.2, 0.25) is 0 Å². The average Bonchev–Trinajstić information content (AvgIpc) is 2.42. The predicted octanol–water partition coefficient (Wildman–Crippen LogP) is 2.45. The van der Waals surface area contributed by atoms with Crippen molar-refractivity contribution in [2.45, 2.75) is 18.4 Å². The molecule has 0 amide bonds. The lowest BCUT2D eigenvalue weighted by atomic mass is 10.2. The first kappa shape index (κ1) is 15.0. The molecule has 106 valence electrons. The minimum Gasteiger partial charge on any atom is -0.392 e. The number of rotatable bonds is 4. The Morgan fingerprint density at radius 2 is 1.95 bits per heavy atom. The van der Waals surface area contributed by atoms with E-state index in [9.17, 15) is 13.5 Å². The van der Waals surface area contributed by atoms with Gasteiger partial charge < -0.3 is 5.11 Å². The molecule has 2 rings (SSSR count). The molecule has 0 aliphatic rings. The van der Waals surface area contributed by atoms with Crippen molar-refractivity contribution in [2.24, 2.45) is 0 Å². The largest absolute Gasteiger partial charge is 0.392 e. The smallest absolute Gasteiger partial charge is 0.263 e. The number of aliphatic hydroxyl groups excluding tert-OH is 1. The molecule has 1 heterocycles. The second kappa shape index (κ2) is 5.90. The molecule has 0 atom stereocenters. The van der Waals surface area contributed by atoms with Crippen molar-refractivity contribution in [3.63, 3.8) is 0 Å². The third-order valence-corrected chi connectivity index (χ3v) is 4.99. The number of aromatic nitrogens is 1. The highest BCUT2D eigenvalue weighted by Gasteiger charge is 2.18. The van der Waals surface area contributed by atoms with Gasteiger partial charge in [0.1, 0.15) is 5.82 Å². The zero-order valence-corrected chi connectivity index (χ0v) is 13.1. The van der Waals surface area contributed by atoms with Crippen molar-refractivity contribution in [1.29, 1.82) is 0 Å². The molecule has 7 heteroatoms. The van der Waals surface area contributed by atoms with Gasteiger partial charge in [0.05, 0.1) is 17.2 Å². The lowest BCUT2D eigenvalue weighted by Gasteiger charge is -2.11. The van der Waals surface area contributed by atoms with E-state index in [0.29, 0.717) is 11.3 Å². The van der Waals surface area contributed by atoms with Gasteiger partial charge in [0.15, 0.2) is 0 Å². The summed E-state index contributed by atoms with van der Waals surface area (Å²) in [5.41, 5.74) is 1.02. The van der Waals surface area contributed by atoms with Crippen molar-refractivity contribution in [1.82, 2.24) is 4.98 Å². The van der Waals surface area contributed by atoms with E-state index in [1.165, 1.54) is 6.07 Å². The Hall–Kier alpha value is -1.44. The third kappa shape index (κ3) is 3.17. The van der Waals surface area contributed by atoms with Crippen molar-refractivity contribution in [2.75, 3.05) is 4.72 Å². The number of anilines is 1. The first-order chi connectivity index (χ1) is 9.44. The van der Waals surface area contributed by atoms with E-state index in [4.69, 9.17) is 0 Å². The molecule has 0 aliphatic carbocycles. The number of aryl methyl sites for hydroxylation is 1. The molecule has 0 saturated carbocycles. The average molecular weight is 357 g/mol. The minimum absolute atomic E-state index is 0.0462. The molecule has 0 bridgehead atoms. The lowest BCUT2D eigenvalue weighted by molar-refractivity contribution is 0.278. The first-order valence-electron chi connectivity index (χ1n) is 5.79. The van der Waals surface area contributed by atoms with Gasteiger partial charge in [0.2, 0.25) is 0 Å². The molecule has 2 aromatic rings. The van der Waals surface area contributed by atoms with Crippen LogP contribution in [-0.4, -0.2) is 18.5 Å². The molecule has 5 nitrogen and oxygen atoms in total. The molecule has 1 aromatic heterocycles. The lowest BCUT2D eigenvalue weighted by Crippen LogP contribution is -2.16. The number of halogens is 1. The van der Waals surface area contributed by atoms with Crippen LogP contribution in [0.15, 0.2) is 45.8 Å². The number of aliphatic hydroxyl groups is 1. The Kier molecular flexibility index (Phi) is 4.42.